The van der Waals surface area contributed by atoms with E-state index >= 15 is 0 Å². The van der Waals surface area contributed by atoms with Crippen molar-refractivity contribution in [3.63, 3.8) is 0 Å². The lowest BCUT2D eigenvalue weighted by molar-refractivity contribution is -0.0979. The normalized spacial score (nSPS) is 12.7. The Balaban J connectivity index is 0.000000807. The molecule has 1 aromatic carbocycles. The number of aliphatic hydroxyl groups is 1. The number of aromatic nitrogens is 2. The number of hydrogen-bond donors (Lipinski definition) is 3. The molecule has 0 radical (unpaired) electrons. The van der Waals surface area contributed by atoms with Gasteiger partial charge in [0.05, 0.1) is 29.4 Å². The minimum atomic E-state index is -0.0804. The van der Waals surface area contributed by atoms with Gasteiger partial charge in [-0.2, -0.15) is 0 Å². The fourth-order valence-electron chi connectivity index (χ4n) is 3.24. The Hall–Kier alpha value is -3.13. The molecule has 3 aromatic rings. The maximum atomic E-state index is 9.36. The van der Waals surface area contributed by atoms with Crippen LogP contribution < -0.4 is 16.2 Å². The highest BCUT2D eigenvalue weighted by Gasteiger charge is 2.22. The molecule has 7 heteroatoms. The molecule has 2 aromatic heterocycles. The van der Waals surface area contributed by atoms with Crippen LogP contribution in [0.25, 0.3) is 11.3 Å². The van der Waals surface area contributed by atoms with Gasteiger partial charge in [-0.1, -0.05) is 45.0 Å². The van der Waals surface area contributed by atoms with Crippen molar-refractivity contribution in [3.05, 3.63) is 71.5 Å². The number of carbonyl (C=O) groups excluding carboxylic acids is 1. The summed E-state index contributed by atoms with van der Waals surface area (Å²) in [5, 5.41) is 11.3. The van der Waals surface area contributed by atoms with Crippen molar-refractivity contribution in [2.24, 2.45) is 5.73 Å². The van der Waals surface area contributed by atoms with Gasteiger partial charge in [0.15, 0.2) is 0 Å². The zero-order chi connectivity index (χ0) is 22.8. The van der Waals surface area contributed by atoms with Crippen LogP contribution in [0.2, 0.25) is 0 Å². The Kier molecular flexibility index (Phi) is 9.27. The highest BCUT2D eigenvalue weighted by Crippen LogP contribution is 2.34. The summed E-state index contributed by atoms with van der Waals surface area (Å²) in [7, 11) is 0. The first-order valence-electron chi connectivity index (χ1n) is 10.4. The van der Waals surface area contributed by atoms with Crippen LogP contribution in [0.1, 0.15) is 50.2 Å². The van der Waals surface area contributed by atoms with Crippen LogP contribution in [0.15, 0.2) is 54.6 Å². The van der Waals surface area contributed by atoms with Gasteiger partial charge >= 0.3 is 0 Å². The van der Waals surface area contributed by atoms with E-state index in [0.717, 1.165) is 41.4 Å². The van der Waals surface area contributed by atoms with Crippen LogP contribution in [-0.2, 0) is 17.9 Å². The van der Waals surface area contributed by atoms with E-state index in [-0.39, 0.29) is 12.6 Å². The molecule has 3 heterocycles. The Labute approximate surface area is 183 Å². The van der Waals surface area contributed by atoms with Gasteiger partial charge in [-0.25, -0.2) is 10.4 Å². The lowest BCUT2D eigenvalue weighted by Crippen LogP contribution is -2.27. The Morgan fingerprint density at radius 3 is 2.58 bits per heavy atom. The van der Waals surface area contributed by atoms with Gasteiger partial charge in [0.2, 0.25) is 0 Å². The number of hydrogen-bond acceptors (Lipinski definition) is 7. The maximum absolute atomic E-state index is 9.36. The van der Waals surface area contributed by atoms with E-state index in [4.69, 9.17) is 15.5 Å². The monoisotopic (exact) mass is 421 g/mol. The van der Waals surface area contributed by atoms with Crippen molar-refractivity contribution >= 4 is 18.3 Å². The average molecular weight is 422 g/mol. The lowest BCUT2D eigenvalue weighted by atomic mass is 10.1. The van der Waals surface area contributed by atoms with Crippen molar-refractivity contribution in [1.29, 1.82) is 0 Å². The molecular weight excluding hydrogens is 390 g/mol. The van der Waals surface area contributed by atoms with Gasteiger partial charge in [0, 0.05) is 18.2 Å². The largest absolute Gasteiger partial charge is 0.390 e. The van der Waals surface area contributed by atoms with E-state index in [1.807, 2.05) is 62.0 Å². The quantitative estimate of drug-likeness (QED) is 0.571. The topological polar surface area (TPSA) is 104 Å². The van der Waals surface area contributed by atoms with E-state index in [9.17, 15) is 5.11 Å². The molecular formula is C24H31N5O2. The molecule has 164 valence electrons. The number of nitrogens with one attached hydrogen (secondary N) is 1. The standard InChI is InChI=1S/C21H23N5O.C2H6.CH2O/c1-2-17(22)19-7-4-6-18(25-19)14-9-10-15-12-23-26(20(15)11-14)21-8-3-5-16(13-27)24-21;2*1-2/h3-11,17,23,27H,2,12-13,22H2,1H3;1-2H3;1H2. The van der Waals surface area contributed by atoms with Gasteiger partial charge in [0.1, 0.15) is 12.6 Å². The van der Waals surface area contributed by atoms with Gasteiger partial charge in [-0.3, -0.25) is 9.99 Å². The second-order valence-electron chi connectivity index (χ2n) is 6.62. The van der Waals surface area contributed by atoms with Crippen LogP contribution >= 0.6 is 0 Å². The van der Waals surface area contributed by atoms with E-state index in [2.05, 4.69) is 35.5 Å². The number of benzene rings is 1. The Morgan fingerprint density at radius 2 is 1.87 bits per heavy atom. The molecule has 1 aliphatic heterocycles. The van der Waals surface area contributed by atoms with E-state index < -0.39 is 0 Å². The fourth-order valence-corrected chi connectivity index (χ4v) is 3.24. The van der Waals surface area contributed by atoms with Crippen molar-refractivity contribution in [2.45, 2.75) is 46.4 Å². The molecule has 7 nitrogen and oxygen atoms in total. The number of fused-ring (bicyclic) bond motifs is 1. The molecule has 0 saturated heterocycles. The molecule has 0 fully saturated rings. The SMILES string of the molecule is C=O.CC.CCC(N)c1cccc(-c2ccc3c(c2)N(c2cccc(CO)n2)NC3)n1. The number of hydrazine groups is 1. The summed E-state index contributed by atoms with van der Waals surface area (Å²) in [6.07, 6.45) is 0.852. The molecule has 1 atom stereocenters. The molecule has 1 aliphatic rings. The molecule has 1 unspecified atom stereocenters. The number of nitrogens with zero attached hydrogens (tertiary/aromatic N) is 3. The van der Waals surface area contributed by atoms with Crippen molar-refractivity contribution in [1.82, 2.24) is 15.4 Å². The highest BCUT2D eigenvalue weighted by molar-refractivity contribution is 5.73. The second-order valence-corrected chi connectivity index (χ2v) is 6.62. The summed E-state index contributed by atoms with van der Waals surface area (Å²) < 4.78 is 0. The maximum Gasteiger partial charge on any atom is 0.147 e. The molecule has 4 rings (SSSR count). The van der Waals surface area contributed by atoms with E-state index in [1.54, 1.807) is 0 Å². The van der Waals surface area contributed by atoms with Gasteiger partial charge in [-0.15, -0.1) is 0 Å². The van der Waals surface area contributed by atoms with E-state index in [1.165, 1.54) is 5.56 Å². The average Bonchev–Trinajstić information content (AvgIpc) is 3.29. The zero-order valence-electron chi connectivity index (χ0n) is 18.4. The predicted octanol–water partition coefficient (Wildman–Crippen LogP) is 4.04. The van der Waals surface area contributed by atoms with Crippen molar-refractivity contribution in [2.75, 3.05) is 5.01 Å². The summed E-state index contributed by atoms with van der Waals surface area (Å²) in [4.78, 5) is 17.3. The summed E-state index contributed by atoms with van der Waals surface area (Å²) in [6.45, 7) is 8.71. The van der Waals surface area contributed by atoms with Gasteiger partial charge < -0.3 is 15.6 Å². The van der Waals surface area contributed by atoms with Crippen LogP contribution in [0, 0.1) is 0 Å². The lowest BCUT2D eigenvalue weighted by Gasteiger charge is -2.19. The molecule has 31 heavy (non-hydrogen) atoms. The third-order valence-electron chi connectivity index (χ3n) is 4.82. The number of nitrogens with two attached hydrogens (primary N) is 1. The predicted molar refractivity (Wildman–Crippen MR) is 124 cm³/mol. The van der Waals surface area contributed by atoms with Crippen LogP contribution in [0.4, 0.5) is 11.5 Å². The first-order valence-corrected chi connectivity index (χ1v) is 10.4. The Morgan fingerprint density at radius 1 is 1.13 bits per heavy atom. The second kappa shape index (κ2) is 11.9. The number of aliphatic hydroxyl groups excluding tert-OH is 1. The summed E-state index contributed by atoms with van der Waals surface area (Å²) in [5.74, 6) is 0.757. The third kappa shape index (κ3) is 5.52. The van der Waals surface area contributed by atoms with Crippen LogP contribution in [0.5, 0.6) is 0 Å². The number of pyridine rings is 2. The molecule has 0 aliphatic carbocycles. The Bertz CT molecular complexity index is 980. The van der Waals surface area contributed by atoms with Crippen LogP contribution in [0.3, 0.4) is 0 Å². The molecule has 4 N–H and O–H groups in total. The van der Waals surface area contributed by atoms with Crippen molar-refractivity contribution < 1.29 is 9.90 Å². The summed E-state index contributed by atoms with van der Waals surface area (Å²) >= 11 is 0. The fraction of sp³-hybridized carbons (Fsp3) is 0.292. The minimum Gasteiger partial charge on any atom is -0.390 e. The first kappa shape index (κ1) is 24.1. The number of carbonyl (C=O) groups is 1. The van der Waals surface area contributed by atoms with Gasteiger partial charge in [-0.05, 0) is 42.3 Å². The number of anilines is 2. The third-order valence-corrected chi connectivity index (χ3v) is 4.82. The van der Waals surface area contributed by atoms with Crippen molar-refractivity contribution in [3.8, 4) is 11.3 Å². The van der Waals surface area contributed by atoms with E-state index in [0.29, 0.717) is 5.69 Å². The summed E-state index contributed by atoms with van der Waals surface area (Å²) in [6, 6.07) is 17.9. The minimum absolute atomic E-state index is 0.0528. The smallest absolute Gasteiger partial charge is 0.147 e. The summed E-state index contributed by atoms with van der Waals surface area (Å²) in [5.41, 5.74) is 15.2. The molecule has 0 saturated carbocycles. The molecule has 0 bridgehead atoms. The highest BCUT2D eigenvalue weighted by atomic mass is 16.3. The number of rotatable bonds is 5. The molecule has 0 amide bonds. The molecule has 0 spiro atoms. The first-order chi connectivity index (χ1) is 15.2. The zero-order valence-corrected chi connectivity index (χ0v) is 18.4. The van der Waals surface area contributed by atoms with Crippen LogP contribution in [-0.4, -0.2) is 21.9 Å². The van der Waals surface area contributed by atoms with Gasteiger partial charge in [0.25, 0.3) is 0 Å².